The highest BCUT2D eigenvalue weighted by molar-refractivity contribution is 7.13. The fraction of sp³-hybridized carbons (Fsp3) is 0.545. The van der Waals surface area contributed by atoms with Crippen molar-refractivity contribution >= 4 is 28.3 Å². The first-order chi connectivity index (χ1) is 8.61. The van der Waals surface area contributed by atoms with E-state index in [1.807, 2.05) is 0 Å². The number of amides is 1. The number of methoxy groups -OCH3 is 1. The first-order valence-electron chi connectivity index (χ1n) is 5.69. The lowest BCUT2D eigenvalue weighted by molar-refractivity contribution is -0.150. The van der Waals surface area contributed by atoms with Gasteiger partial charge < -0.3 is 15.4 Å². The molecule has 1 aromatic rings. The van der Waals surface area contributed by atoms with Crippen LogP contribution in [0, 0.1) is 0 Å². The lowest BCUT2D eigenvalue weighted by atomic mass is 10.2. The van der Waals surface area contributed by atoms with Gasteiger partial charge in [-0.15, -0.1) is 11.3 Å². The van der Waals surface area contributed by atoms with Crippen LogP contribution in [-0.2, 0) is 20.7 Å². The second-order valence-electron chi connectivity index (χ2n) is 4.12. The summed E-state index contributed by atoms with van der Waals surface area (Å²) in [7, 11) is 1.34. The zero-order valence-corrected chi connectivity index (χ0v) is 10.9. The molecule has 6 nitrogen and oxygen atoms in total. The van der Waals surface area contributed by atoms with Crippen LogP contribution >= 0.6 is 11.3 Å². The third kappa shape index (κ3) is 2.61. The molecule has 1 unspecified atom stereocenters. The summed E-state index contributed by atoms with van der Waals surface area (Å²) in [5.41, 5.74) is 6.16. The molecule has 1 atom stereocenters. The SMILES string of the molecule is COC(=O)C1CCCN1C(=O)Cc1csc(N)n1. The van der Waals surface area contributed by atoms with E-state index in [2.05, 4.69) is 4.98 Å². The van der Waals surface area contributed by atoms with Gasteiger partial charge in [0.2, 0.25) is 5.91 Å². The molecule has 1 aromatic heterocycles. The lowest BCUT2D eigenvalue weighted by Crippen LogP contribution is -2.41. The van der Waals surface area contributed by atoms with Crippen molar-refractivity contribution in [2.75, 3.05) is 19.4 Å². The molecular formula is C11H15N3O3S. The van der Waals surface area contributed by atoms with E-state index in [0.717, 1.165) is 6.42 Å². The molecule has 0 saturated carbocycles. The largest absolute Gasteiger partial charge is 0.467 e. The number of anilines is 1. The molecule has 2 rings (SSSR count). The minimum Gasteiger partial charge on any atom is -0.467 e. The molecule has 7 heteroatoms. The predicted molar refractivity (Wildman–Crippen MR) is 67.0 cm³/mol. The van der Waals surface area contributed by atoms with Gasteiger partial charge in [-0.05, 0) is 12.8 Å². The van der Waals surface area contributed by atoms with Crippen molar-refractivity contribution < 1.29 is 14.3 Å². The van der Waals surface area contributed by atoms with Crippen LogP contribution in [-0.4, -0.2) is 41.5 Å². The first-order valence-corrected chi connectivity index (χ1v) is 6.57. The van der Waals surface area contributed by atoms with E-state index in [-0.39, 0.29) is 18.3 Å². The van der Waals surface area contributed by atoms with Gasteiger partial charge in [0.25, 0.3) is 0 Å². The van der Waals surface area contributed by atoms with E-state index in [9.17, 15) is 9.59 Å². The van der Waals surface area contributed by atoms with Crippen molar-refractivity contribution in [2.45, 2.75) is 25.3 Å². The summed E-state index contributed by atoms with van der Waals surface area (Å²) in [6.07, 6.45) is 1.67. The summed E-state index contributed by atoms with van der Waals surface area (Å²) >= 11 is 1.30. The van der Waals surface area contributed by atoms with Crippen molar-refractivity contribution in [3.8, 4) is 0 Å². The van der Waals surface area contributed by atoms with Crippen LogP contribution in [0.25, 0.3) is 0 Å². The smallest absolute Gasteiger partial charge is 0.328 e. The number of carbonyl (C=O) groups is 2. The highest BCUT2D eigenvalue weighted by Gasteiger charge is 2.34. The Balaban J connectivity index is 2.02. The maximum Gasteiger partial charge on any atom is 0.328 e. The molecule has 0 bridgehead atoms. The Morgan fingerprint density at radius 1 is 1.67 bits per heavy atom. The zero-order chi connectivity index (χ0) is 13.1. The van der Waals surface area contributed by atoms with Gasteiger partial charge in [0.15, 0.2) is 5.13 Å². The number of carbonyl (C=O) groups excluding carboxylic acids is 2. The molecule has 1 aliphatic heterocycles. The maximum atomic E-state index is 12.1. The molecule has 0 radical (unpaired) electrons. The Labute approximate surface area is 109 Å². The number of hydrogen-bond donors (Lipinski definition) is 1. The fourth-order valence-electron chi connectivity index (χ4n) is 2.11. The minimum atomic E-state index is -0.446. The molecule has 2 heterocycles. The molecular weight excluding hydrogens is 254 g/mol. The van der Waals surface area contributed by atoms with E-state index >= 15 is 0 Å². The summed E-state index contributed by atoms with van der Waals surface area (Å²) in [6, 6.07) is -0.446. The average Bonchev–Trinajstić information content (AvgIpc) is 2.97. The molecule has 0 spiro atoms. The number of thiazole rings is 1. The summed E-state index contributed by atoms with van der Waals surface area (Å²) in [5, 5.41) is 2.21. The van der Waals surface area contributed by atoms with Crippen LogP contribution < -0.4 is 5.73 Å². The average molecular weight is 269 g/mol. The van der Waals surface area contributed by atoms with E-state index in [1.165, 1.54) is 18.4 Å². The predicted octanol–water partition coefficient (Wildman–Crippen LogP) is 0.432. The number of ether oxygens (including phenoxy) is 1. The third-order valence-corrected chi connectivity index (χ3v) is 3.67. The number of hydrogen-bond acceptors (Lipinski definition) is 6. The fourth-order valence-corrected chi connectivity index (χ4v) is 2.67. The Morgan fingerprint density at radius 2 is 2.44 bits per heavy atom. The Morgan fingerprint density at radius 3 is 3.06 bits per heavy atom. The molecule has 1 fully saturated rings. The van der Waals surface area contributed by atoms with Crippen LogP contribution in [0.1, 0.15) is 18.5 Å². The highest BCUT2D eigenvalue weighted by Crippen LogP contribution is 2.20. The van der Waals surface area contributed by atoms with Crippen molar-refractivity contribution in [2.24, 2.45) is 0 Å². The summed E-state index contributed by atoms with van der Waals surface area (Å²) in [6.45, 7) is 0.595. The van der Waals surface area contributed by atoms with Crippen molar-refractivity contribution in [3.63, 3.8) is 0 Å². The Kier molecular flexibility index (Phi) is 3.81. The van der Waals surface area contributed by atoms with Gasteiger partial charge in [0.1, 0.15) is 6.04 Å². The van der Waals surface area contributed by atoms with E-state index < -0.39 is 6.04 Å². The van der Waals surface area contributed by atoms with Crippen molar-refractivity contribution in [3.05, 3.63) is 11.1 Å². The van der Waals surface area contributed by atoms with E-state index in [4.69, 9.17) is 10.5 Å². The second kappa shape index (κ2) is 5.34. The molecule has 2 N–H and O–H groups in total. The zero-order valence-electron chi connectivity index (χ0n) is 10.1. The first kappa shape index (κ1) is 12.8. The van der Waals surface area contributed by atoms with Gasteiger partial charge in [-0.25, -0.2) is 9.78 Å². The normalized spacial score (nSPS) is 18.9. The summed E-state index contributed by atoms with van der Waals surface area (Å²) in [4.78, 5) is 29.2. The molecule has 18 heavy (non-hydrogen) atoms. The molecule has 1 amide bonds. The van der Waals surface area contributed by atoms with Crippen LogP contribution in [0.2, 0.25) is 0 Å². The topological polar surface area (TPSA) is 85.5 Å². The van der Waals surface area contributed by atoms with Gasteiger partial charge in [0, 0.05) is 11.9 Å². The molecule has 0 aromatic carbocycles. The van der Waals surface area contributed by atoms with Crippen LogP contribution in [0.15, 0.2) is 5.38 Å². The monoisotopic (exact) mass is 269 g/mol. The van der Waals surface area contributed by atoms with E-state index in [1.54, 1.807) is 10.3 Å². The Bertz CT molecular complexity index is 460. The van der Waals surface area contributed by atoms with Crippen molar-refractivity contribution in [1.82, 2.24) is 9.88 Å². The molecule has 1 saturated heterocycles. The number of nitrogens with zero attached hydrogens (tertiary/aromatic N) is 2. The summed E-state index contributed by atoms with van der Waals surface area (Å²) in [5.74, 6) is -0.452. The number of esters is 1. The highest BCUT2D eigenvalue weighted by atomic mass is 32.1. The standard InChI is InChI=1S/C11H15N3O3S/c1-17-10(16)8-3-2-4-14(8)9(15)5-7-6-18-11(12)13-7/h6,8H,2-5H2,1H3,(H2,12,13). The number of nitrogens with two attached hydrogens (primary N) is 1. The van der Waals surface area contributed by atoms with Crippen LogP contribution in [0.3, 0.4) is 0 Å². The van der Waals surface area contributed by atoms with E-state index in [0.29, 0.717) is 23.8 Å². The number of likely N-dealkylation sites (tertiary alicyclic amines) is 1. The van der Waals surface area contributed by atoms with Crippen LogP contribution in [0.5, 0.6) is 0 Å². The summed E-state index contributed by atoms with van der Waals surface area (Å²) < 4.78 is 4.70. The van der Waals surface area contributed by atoms with Gasteiger partial charge >= 0.3 is 5.97 Å². The van der Waals surface area contributed by atoms with Gasteiger partial charge in [0.05, 0.1) is 19.2 Å². The quantitative estimate of drug-likeness (QED) is 0.804. The lowest BCUT2D eigenvalue weighted by Gasteiger charge is -2.22. The Hall–Kier alpha value is -1.63. The molecule has 1 aliphatic rings. The number of nitrogen functional groups attached to an aromatic ring is 1. The molecule has 98 valence electrons. The maximum absolute atomic E-state index is 12.1. The third-order valence-electron chi connectivity index (χ3n) is 2.95. The van der Waals surface area contributed by atoms with Crippen LogP contribution in [0.4, 0.5) is 5.13 Å². The van der Waals surface area contributed by atoms with Crippen molar-refractivity contribution in [1.29, 1.82) is 0 Å². The van der Waals surface area contributed by atoms with Gasteiger partial charge in [-0.1, -0.05) is 0 Å². The number of aromatic nitrogens is 1. The van der Waals surface area contributed by atoms with Gasteiger partial charge in [-0.2, -0.15) is 0 Å². The minimum absolute atomic E-state index is 0.104. The number of rotatable bonds is 3. The molecule has 0 aliphatic carbocycles. The van der Waals surface area contributed by atoms with Gasteiger partial charge in [-0.3, -0.25) is 4.79 Å². The second-order valence-corrected chi connectivity index (χ2v) is 5.01.